The highest BCUT2D eigenvalue weighted by atomic mass is 32.1. The summed E-state index contributed by atoms with van der Waals surface area (Å²) in [6, 6.07) is 3.17. The number of alkyl halides is 1. The van der Waals surface area contributed by atoms with E-state index in [1.165, 1.54) is 13.0 Å². The molecule has 1 aromatic heterocycles. The Kier molecular flexibility index (Phi) is 3.23. The van der Waals surface area contributed by atoms with Gasteiger partial charge in [0.05, 0.1) is 6.61 Å². The molecule has 1 rings (SSSR count). The maximum Gasteiger partial charge on any atom is 0.312 e. The van der Waals surface area contributed by atoms with Crippen LogP contribution in [0.4, 0.5) is 4.39 Å². The normalized spacial score (nSPS) is 17.4. The summed E-state index contributed by atoms with van der Waals surface area (Å²) in [5.41, 5.74) is -2.02. The summed E-state index contributed by atoms with van der Waals surface area (Å²) in [5.74, 6) is -2.74. The van der Waals surface area contributed by atoms with Crippen molar-refractivity contribution < 1.29 is 19.4 Å². The monoisotopic (exact) mass is 218 g/mol. The summed E-state index contributed by atoms with van der Waals surface area (Å²) < 4.78 is 14.0. The van der Waals surface area contributed by atoms with Crippen LogP contribution in [-0.2, 0) is 10.5 Å². The molecular weight excluding hydrogens is 207 g/mol. The molecule has 1 heterocycles. The first-order valence-corrected chi connectivity index (χ1v) is 4.94. The van der Waals surface area contributed by atoms with Gasteiger partial charge in [0.15, 0.2) is 5.67 Å². The Balaban J connectivity index is 2.99. The lowest BCUT2D eigenvalue weighted by atomic mass is 9.90. The van der Waals surface area contributed by atoms with Gasteiger partial charge in [-0.05, 0) is 18.4 Å². The molecule has 14 heavy (non-hydrogen) atoms. The zero-order valence-electron chi connectivity index (χ0n) is 7.61. The van der Waals surface area contributed by atoms with E-state index >= 15 is 0 Å². The minimum Gasteiger partial charge on any atom is -0.481 e. The van der Waals surface area contributed by atoms with Crippen LogP contribution in [0.15, 0.2) is 17.5 Å². The summed E-state index contributed by atoms with van der Waals surface area (Å²) in [5, 5.41) is 19.2. The van der Waals surface area contributed by atoms with Crippen LogP contribution in [0, 0.1) is 5.92 Å². The maximum absolute atomic E-state index is 14.0. The Morgan fingerprint density at radius 3 is 2.79 bits per heavy atom. The zero-order valence-corrected chi connectivity index (χ0v) is 8.42. The van der Waals surface area contributed by atoms with Crippen molar-refractivity contribution in [3.63, 3.8) is 0 Å². The fourth-order valence-electron chi connectivity index (χ4n) is 1.21. The quantitative estimate of drug-likeness (QED) is 0.807. The van der Waals surface area contributed by atoms with Crippen LogP contribution in [0.2, 0.25) is 0 Å². The highest BCUT2D eigenvalue weighted by Gasteiger charge is 2.41. The number of thiophene rings is 1. The minimum absolute atomic E-state index is 0.318. The first-order chi connectivity index (χ1) is 6.50. The first-order valence-electron chi connectivity index (χ1n) is 4.06. The summed E-state index contributed by atoms with van der Waals surface area (Å²) >= 11 is 1.14. The smallest absolute Gasteiger partial charge is 0.312 e. The van der Waals surface area contributed by atoms with Gasteiger partial charge in [0.2, 0.25) is 0 Å². The standard InChI is InChI=1S/C9H11FO3S/c1-9(10,6(5-11)8(12)13)7-3-2-4-14-7/h2-4,6,11H,5H2,1H3,(H,12,13)/t6-,9?/m1/s1. The average Bonchev–Trinajstić information content (AvgIpc) is 2.55. The molecule has 0 saturated heterocycles. The molecule has 0 saturated carbocycles. The third-order valence-corrected chi connectivity index (χ3v) is 3.22. The van der Waals surface area contributed by atoms with E-state index in [-0.39, 0.29) is 0 Å². The van der Waals surface area contributed by atoms with Gasteiger partial charge in [-0.25, -0.2) is 4.39 Å². The molecule has 0 amide bonds. The third kappa shape index (κ3) is 1.93. The third-order valence-electron chi connectivity index (χ3n) is 2.14. The van der Waals surface area contributed by atoms with E-state index in [0.29, 0.717) is 4.88 Å². The van der Waals surface area contributed by atoms with Crippen LogP contribution < -0.4 is 0 Å². The van der Waals surface area contributed by atoms with Crippen molar-refractivity contribution in [1.82, 2.24) is 0 Å². The fourth-order valence-corrected chi connectivity index (χ4v) is 2.04. The molecule has 2 N–H and O–H groups in total. The molecule has 3 nitrogen and oxygen atoms in total. The van der Waals surface area contributed by atoms with Crippen LogP contribution in [0.3, 0.4) is 0 Å². The van der Waals surface area contributed by atoms with E-state index in [1.54, 1.807) is 11.4 Å². The van der Waals surface area contributed by atoms with Crippen molar-refractivity contribution in [3.8, 4) is 0 Å². The Morgan fingerprint density at radius 1 is 1.79 bits per heavy atom. The number of hydrogen-bond acceptors (Lipinski definition) is 3. The molecule has 0 aromatic carbocycles. The number of aliphatic hydroxyl groups excluding tert-OH is 1. The van der Waals surface area contributed by atoms with E-state index in [2.05, 4.69) is 0 Å². The number of hydrogen-bond donors (Lipinski definition) is 2. The van der Waals surface area contributed by atoms with E-state index in [0.717, 1.165) is 11.3 Å². The lowest BCUT2D eigenvalue weighted by Gasteiger charge is -2.24. The van der Waals surface area contributed by atoms with Gasteiger partial charge in [0.25, 0.3) is 0 Å². The molecule has 0 radical (unpaired) electrons. The van der Waals surface area contributed by atoms with Gasteiger partial charge in [0, 0.05) is 4.88 Å². The SMILES string of the molecule is CC(F)(c1cccs1)[C@H](CO)C(=O)O. The van der Waals surface area contributed by atoms with Crippen LogP contribution in [0.25, 0.3) is 0 Å². The molecule has 1 aromatic rings. The predicted octanol–water partition coefficient (Wildman–Crippen LogP) is 1.63. The van der Waals surface area contributed by atoms with Crippen molar-refractivity contribution in [2.45, 2.75) is 12.6 Å². The van der Waals surface area contributed by atoms with E-state index in [4.69, 9.17) is 10.2 Å². The Morgan fingerprint density at radius 2 is 2.43 bits per heavy atom. The number of carboxylic acid groups (broad SMARTS) is 1. The van der Waals surface area contributed by atoms with Gasteiger partial charge in [-0.2, -0.15) is 0 Å². The van der Waals surface area contributed by atoms with Crippen molar-refractivity contribution in [2.75, 3.05) is 6.61 Å². The summed E-state index contributed by atoms with van der Waals surface area (Å²) in [7, 11) is 0. The Hall–Kier alpha value is -0.940. The number of halogens is 1. The number of aliphatic hydroxyl groups is 1. The highest BCUT2D eigenvalue weighted by molar-refractivity contribution is 7.10. The van der Waals surface area contributed by atoms with Gasteiger partial charge >= 0.3 is 5.97 Å². The van der Waals surface area contributed by atoms with Crippen LogP contribution in [0.5, 0.6) is 0 Å². The van der Waals surface area contributed by atoms with E-state index < -0.39 is 24.2 Å². The molecule has 0 aliphatic heterocycles. The Bertz CT molecular complexity index is 308. The topological polar surface area (TPSA) is 57.5 Å². The predicted molar refractivity (Wildman–Crippen MR) is 51.0 cm³/mol. The van der Waals surface area contributed by atoms with Crippen LogP contribution in [-0.4, -0.2) is 22.8 Å². The molecule has 0 bridgehead atoms. The molecule has 0 spiro atoms. The van der Waals surface area contributed by atoms with Crippen molar-refractivity contribution in [1.29, 1.82) is 0 Å². The maximum atomic E-state index is 14.0. The largest absolute Gasteiger partial charge is 0.481 e. The molecule has 0 fully saturated rings. The molecule has 0 aliphatic rings. The van der Waals surface area contributed by atoms with Crippen molar-refractivity contribution >= 4 is 17.3 Å². The first kappa shape index (κ1) is 11.1. The molecule has 2 atom stereocenters. The van der Waals surface area contributed by atoms with Crippen molar-refractivity contribution in [2.24, 2.45) is 5.92 Å². The van der Waals surface area contributed by atoms with Gasteiger partial charge in [0.1, 0.15) is 5.92 Å². The summed E-state index contributed by atoms with van der Waals surface area (Å²) in [6.45, 7) is 0.466. The molecular formula is C9H11FO3S. The van der Waals surface area contributed by atoms with E-state index in [9.17, 15) is 9.18 Å². The lowest BCUT2D eigenvalue weighted by Crippen LogP contribution is -2.35. The van der Waals surface area contributed by atoms with Gasteiger partial charge in [-0.3, -0.25) is 4.79 Å². The molecule has 1 unspecified atom stereocenters. The zero-order chi connectivity index (χ0) is 10.8. The minimum atomic E-state index is -2.02. The second kappa shape index (κ2) is 4.06. The lowest BCUT2D eigenvalue weighted by molar-refractivity contribution is -0.149. The average molecular weight is 218 g/mol. The summed E-state index contributed by atoms with van der Waals surface area (Å²) in [4.78, 5) is 11.0. The van der Waals surface area contributed by atoms with Crippen LogP contribution in [0.1, 0.15) is 11.8 Å². The number of carboxylic acids is 1. The second-order valence-electron chi connectivity index (χ2n) is 3.13. The fraction of sp³-hybridized carbons (Fsp3) is 0.444. The van der Waals surface area contributed by atoms with Gasteiger partial charge in [-0.15, -0.1) is 11.3 Å². The van der Waals surface area contributed by atoms with E-state index in [1.807, 2.05) is 0 Å². The number of rotatable bonds is 4. The second-order valence-corrected chi connectivity index (χ2v) is 4.07. The molecule has 5 heteroatoms. The van der Waals surface area contributed by atoms with Gasteiger partial charge < -0.3 is 10.2 Å². The summed E-state index contributed by atoms with van der Waals surface area (Å²) in [6.07, 6.45) is 0. The number of carbonyl (C=O) groups is 1. The van der Waals surface area contributed by atoms with Crippen molar-refractivity contribution in [3.05, 3.63) is 22.4 Å². The molecule has 0 aliphatic carbocycles. The Labute approximate surface area is 84.8 Å². The molecule has 78 valence electrons. The van der Waals surface area contributed by atoms with Crippen LogP contribution >= 0.6 is 11.3 Å². The number of aliphatic carboxylic acids is 1. The van der Waals surface area contributed by atoms with Gasteiger partial charge in [-0.1, -0.05) is 6.07 Å². The highest BCUT2D eigenvalue weighted by Crippen LogP contribution is 2.36.